The molecule has 2 heteroatoms. The topological polar surface area (TPSA) is 47.7 Å². The largest absolute Gasteiger partial charge is 0.312 e. The molecule has 0 fully saturated rings. The third-order valence-corrected chi connectivity index (χ3v) is 1.15. The van der Waals surface area contributed by atoms with Crippen LogP contribution in [0.1, 0.15) is 13.8 Å². The lowest BCUT2D eigenvalue weighted by atomic mass is 9.99. The van der Waals surface area contributed by atoms with Crippen LogP contribution >= 0.6 is 0 Å². The van der Waals surface area contributed by atoms with Crippen molar-refractivity contribution in [3.05, 3.63) is 0 Å². The molecule has 0 aliphatic heterocycles. The SMILES string of the molecule is CC(C)C(C=N)C=N. The van der Waals surface area contributed by atoms with Crippen LogP contribution in [0, 0.1) is 22.7 Å². The lowest BCUT2D eigenvalue weighted by Gasteiger charge is -2.06. The van der Waals surface area contributed by atoms with Crippen LogP contribution < -0.4 is 0 Å². The predicted octanol–water partition coefficient (Wildman–Crippen LogP) is 1.56. The van der Waals surface area contributed by atoms with Crippen LogP contribution in [0.4, 0.5) is 0 Å². The van der Waals surface area contributed by atoms with Crippen LogP contribution in [0.15, 0.2) is 0 Å². The summed E-state index contributed by atoms with van der Waals surface area (Å²) in [6.07, 6.45) is 2.61. The second kappa shape index (κ2) is 3.36. The summed E-state index contributed by atoms with van der Waals surface area (Å²) in [5.74, 6) is 0.431. The van der Waals surface area contributed by atoms with Crippen LogP contribution in [0.5, 0.6) is 0 Å². The van der Waals surface area contributed by atoms with Gasteiger partial charge in [0.2, 0.25) is 0 Å². The number of hydrogen-bond donors (Lipinski definition) is 2. The average molecular weight is 112 g/mol. The Balaban J connectivity index is 3.68. The second-order valence-electron chi connectivity index (χ2n) is 2.15. The summed E-state index contributed by atoms with van der Waals surface area (Å²) in [4.78, 5) is 0. The van der Waals surface area contributed by atoms with E-state index in [4.69, 9.17) is 10.8 Å². The lowest BCUT2D eigenvalue weighted by molar-refractivity contribution is 0.615. The highest BCUT2D eigenvalue weighted by Crippen LogP contribution is 2.03. The van der Waals surface area contributed by atoms with E-state index in [1.807, 2.05) is 13.8 Å². The van der Waals surface area contributed by atoms with Crippen molar-refractivity contribution in [1.82, 2.24) is 0 Å². The van der Waals surface area contributed by atoms with Crippen LogP contribution in [0.3, 0.4) is 0 Å². The van der Waals surface area contributed by atoms with Crippen LogP contribution in [0.25, 0.3) is 0 Å². The summed E-state index contributed by atoms with van der Waals surface area (Å²) in [6, 6.07) is 0. The fraction of sp³-hybridized carbons (Fsp3) is 0.667. The molecule has 0 saturated heterocycles. The fourth-order valence-electron chi connectivity index (χ4n) is 0.433. The van der Waals surface area contributed by atoms with Gasteiger partial charge in [-0.25, -0.2) is 0 Å². The van der Waals surface area contributed by atoms with Crippen molar-refractivity contribution < 1.29 is 0 Å². The van der Waals surface area contributed by atoms with E-state index in [1.165, 1.54) is 12.4 Å². The minimum Gasteiger partial charge on any atom is -0.312 e. The molecule has 0 aliphatic rings. The molecule has 0 aliphatic carbocycles. The molecule has 0 radical (unpaired) electrons. The van der Waals surface area contributed by atoms with Gasteiger partial charge in [0.1, 0.15) is 0 Å². The summed E-state index contributed by atoms with van der Waals surface area (Å²) < 4.78 is 0. The van der Waals surface area contributed by atoms with Gasteiger partial charge in [-0.2, -0.15) is 0 Å². The van der Waals surface area contributed by atoms with E-state index in [0.29, 0.717) is 5.92 Å². The van der Waals surface area contributed by atoms with E-state index in [2.05, 4.69) is 0 Å². The van der Waals surface area contributed by atoms with Crippen molar-refractivity contribution in [1.29, 1.82) is 10.8 Å². The summed E-state index contributed by atoms with van der Waals surface area (Å²) in [5.41, 5.74) is 0. The molecule has 0 amide bonds. The molecular weight excluding hydrogens is 100 g/mol. The Hall–Kier alpha value is -0.660. The summed E-state index contributed by atoms with van der Waals surface area (Å²) in [7, 11) is 0. The quantitative estimate of drug-likeness (QED) is 0.520. The van der Waals surface area contributed by atoms with Crippen LogP contribution in [-0.4, -0.2) is 12.4 Å². The standard InChI is InChI=1S/C6H12N2/c1-5(2)6(3-7)4-8/h3-8H,1-2H3. The lowest BCUT2D eigenvalue weighted by Crippen LogP contribution is -2.09. The van der Waals surface area contributed by atoms with Gasteiger partial charge < -0.3 is 10.8 Å². The molecule has 0 unspecified atom stereocenters. The maximum absolute atomic E-state index is 6.81. The molecule has 0 heterocycles. The first-order valence-corrected chi connectivity index (χ1v) is 2.73. The van der Waals surface area contributed by atoms with Gasteiger partial charge in [-0.3, -0.25) is 0 Å². The monoisotopic (exact) mass is 112 g/mol. The Kier molecular flexibility index (Phi) is 3.08. The molecule has 0 aromatic rings. The highest BCUT2D eigenvalue weighted by molar-refractivity contribution is 5.80. The molecule has 0 bridgehead atoms. The molecule has 0 atom stereocenters. The molecule has 2 N–H and O–H groups in total. The van der Waals surface area contributed by atoms with Crippen LogP contribution in [0.2, 0.25) is 0 Å². The molecule has 0 saturated carbocycles. The maximum atomic E-state index is 6.81. The van der Waals surface area contributed by atoms with Gasteiger partial charge >= 0.3 is 0 Å². The van der Waals surface area contributed by atoms with Gasteiger partial charge in [-0.1, -0.05) is 13.8 Å². The minimum atomic E-state index is 0.0370. The molecule has 0 spiro atoms. The molecule has 0 aromatic carbocycles. The first kappa shape index (κ1) is 7.34. The van der Waals surface area contributed by atoms with Gasteiger partial charge in [-0.15, -0.1) is 0 Å². The van der Waals surface area contributed by atoms with Crippen molar-refractivity contribution in [3.63, 3.8) is 0 Å². The van der Waals surface area contributed by atoms with Crippen LogP contribution in [-0.2, 0) is 0 Å². The van der Waals surface area contributed by atoms with Gasteiger partial charge in [0, 0.05) is 18.3 Å². The Morgan fingerprint density at radius 2 is 1.50 bits per heavy atom. The van der Waals surface area contributed by atoms with Crippen molar-refractivity contribution in [3.8, 4) is 0 Å². The van der Waals surface area contributed by atoms with E-state index in [9.17, 15) is 0 Å². The number of hydrogen-bond acceptors (Lipinski definition) is 2. The molecule has 8 heavy (non-hydrogen) atoms. The van der Waals surface area contributed by atoms with Gasteiger partial charge in [-0.05, 0) is 5.92 Å². The van der Waals surface area contributed by atoms with Gasteiger partial charge in [0.15, 0.2) is 0 Å². The smallest absolute Gasteiger partial charge is 0.0306 e. The zero-order valence-electron chi connectivity index (χ0n) is 5.31. The third kappa shape index (κ3) is 1.87. The van der Waals surface area contributed by atoms with E-state index in [0.717, 1.165) is 0 Å². The third-order valence-electron chi connectivity index (χ3n) is 1.15. The summed E-state index contributed by atoms with van der Waals surface area (Å²) in [5, 5.41) is 13.6. The maximum Gasteiger partial charge on any atom is 0.0306 e. The highest BCUT2D eigenvalue weighted by Gasteiger charge is 2.04. The summed E-state index contributed by atoms with van der Waals surface area (Å²) in [6.45, 7) is 4.00. The fourth-order valence-corrected chi connectivity index (χ4v) is 0.433. The number of nitrogens with one attached hydrogen (secondary N) is 2. The Bertz CT molecular complexity index is 78.5. The highest BCUT2D eigenvalue weighted by atomic mass is 14.4. The zero-order chi connectivity index (χ0) is 6.57. The van der Waals surface area contributed by atoms with E-state index in [-0.39, 0.29) is 5.92 Å². The van der Waals surface area contributed by atoms with E-state index in [1.54, 1.807) is 0 Å². The van der Waals surface area contributed by atoms with Gasteiger partial charge in [0.05, 0.1) is 0 Å². The average Bonchev–Trinajstić information content (AvgIpc) is 1.69. The number of rotatable bonds is 3. The normalized spacial score (nSPS) is 13.4. The first-order chi connectivity index (χ1) is 3.72. The minimum absolute atomic E-state index is 0.0370. The molecule has 0 rings (SSSR count). The van der Waals surface area contributed by atoms with Gasteiger partial charge in [0.25, 0.3) is 0 Å². The van der Waals surface area contributed by atoms with Crippen molar-refractivity contribution in [2.24, 2.45) is 11.8 Å². The van der Waals surface area contributed by atoms with Crippen molar-refractivity contribution in [2.75, 3.05) is 0 Å². The van der Waals surface area contributed by atoms with E-state index < -0.39 is 0 Å². The van der Waals surface area contributed by atoms with Crippen molar-refractivity contribution in [2.45, 2.75) is 13.8 Å². The van der Waals surface area contributed by atoms with Crippen molar-refractivity contribution >= 4 is 12.4 Å². The second-order valence-corrected chi connectivity index (χ2v) is 2.15. The first-order valence-electron chi connectivity index (χ1n) is 2.73. The molecule has 2 nitrogen and oxygen atoms in total. The Morgan fingerprint density at radius 3 is 1.50 bits per heavy atom. The summed E-state index contributed by atoms with van der Waals surface area (Å²) >= 11 is 0. The molecule has 0 aromatic heterocycles. The van der Waals surface area contributed by atoms with E-state index >= 15 is 0 Å². The molecule has 46 valence electrons. The predicted molar refractivity (Wildman–Crippen MR) is 35.9 cm³/mol. The Morgan fingerprint density at radius 1 is 1.12 bits per heavy atom. The zero-order valence-corrected chi connectivity index (χ0v) is 5.31. The Labute approximate surface area is 49.9 Å². The molecular formula is C6H12N2.